The molecule has 9 heteroatoms. The van der Waals surface area contributed by atoms with Gasteiger partial charge in [-0.25, -0.2) is 8.78 Å². The van der Waals surface area contributed by atoms with E-state index in [1.54, 1.807) is 6.07 Å². The van der Waals surface area contributed by atoms with E-state index in [1.807, 2.05) is 0 Å². The van der Waals surface area contributed by atoms with E-state index in [4.69, 9.17) is 23.2 Å². The highest BCUT2D eigenvalue weighted by atomic mass is 35.5. The van der Waals surface area contributed by atoms with Gasteiger partial charge < -0.3 is 5.32 Å². The summed E-state index contributed by atoms with van der Waals surface area (Å²) in [7, 11) is 1.50. The summed E-state index contributed by atoms with van der Waals surface area (Å²) in [5, 5.41) is 7.44. The summed E-state index contributed by atoms with van der Waals surface area (Å²) in [5.74, 6) is -0.653. The first kappa shape index (κ1) is 19.0. The average Bonchev–Trinajstić information content (AvgIpc) is 2.98. The van der Waals surface area contributed by atoms with Crippen molar-refractivity contribution in [2.24, 2.45) is 7.05 Å². The minimum Gasteiger partial charge on any atom is -0.349 e. The van der Waals surface area contributed by atoms with Crippen molar-refractivity contribution in [1.82, 2.24) is 20.1 Å². The van der Waals surface area contributed by atoms with Gasteiger partial charge >= 0.3 is 0 Å². The summed E-state index contributed by atoms with van der Waals surface area (Å²) in [6, 6.07) is 1.38. The maximum absolute atomic E-state index is 13.1. The van der Waals surface area contributed by atoms with E-state index in [9.17, 15) is 13.6 Å². The summed E-state index contributed by atoms with van der Waals surface area (Å²) < 4.78 is 27.4. The van der Waals surface area contributed by atoms with Gasteiger partial charge in [0.2, 0.25) is 0 Å². The predicted octanol–water partition coefficient (Wildman–Crippen LogP) is 4.52. The second-order valence-electron chi connectivity index (χ2n) is 6.39. The molecule has 140 valence electrons. The molecule has 0 saturated heterocycles. The first-order valence-corrected chi connectivity index (χ1v) is 9.06. The number of aryl methyl sites for hydroxylation is 1. The van der Waals surface area contributed by atoms with Crippen molar-refractivity contribution in [3.63, 3.8) is 0 Å². The van der Waals surface area contributed by atoms with Crippen LogP contribution >= 0.6 is 23.2 Å². The van der Waals surface area contributed by atoms with Crippen molar-refractivity contribution in [3.05, 3.63) is 45.5 Å². The third-order valence-corrected chi connectivity index (χ3v) is 5.09. The Hall–Kier alpha value is -1.73. The number of nitrogens with one attached hydrogen (secondary N) is 1. The molecule has 1 amide bonds. The maximum atomic E-state index is 13.1. The van der Waals surface area contributed by atoms with E-state index in [0.717, 1.165) is 25.7 Å². The van der Waals surface area contributed by atoms with Gasteiger partial charge in [0.1, 0.15) is 5.69 Å². The van der Waals surface area contributed by atoms with Gasteiger partial charge in [0, 0.05) is 31.4 Å². The molecule has 2 atom stereocenters. The molecule has 2 aromatic heterocycles. The third-order valence-electron chi connectivity index (χ3n) is 4.58. The van der Waals surface area contributed by atoms with Crippen LogP contribution in [0.15, 0.2) is 18.5 Å². The highest BCUT2D eigenvalue weighted by Crippen LogP contribution is 2.36. The third kappa shape index (κ3) is 3.99. The number of nitrogens with zero attached hydrogens (tertiary/aromatic N) is 3. The number of carbonyl (C=O) groups is 1. The summed E-state index contributed by atoms with van der Waals surface area (Å²) in [5.41, 5.74) is 0.0448. The maximum Gasteiger partial charge on any atom is 0.282 e. The van der Waals surface area contributed by atoms with Crippen LogP contribution in [0.1, 0.15) is 59.8 Å². The summed E-state index contributed by atoms with van der Waals surface area (Å²) in [6.07, 6.45) is 3.45. The van der Waals surface area contributed by atoms with Crippen LogP contribution < -0.4 is 5.32 Å². The molecule has 0 bridgehead atoms. The zero-order chi connectivity index (χ0) is 18.8. The fraction of sp³-hybridized carbons (Fsp3) is 0.471. The zero-order valence-corrected chi connectivity index (χ0v) is 15.6. The van der Waals surface area contributed by atoms with Gasteiger partial charge in [-0.1, -0.05) is 36.0 Å². The van der Waals surface area contributed by atoms with Crippen LogP contribution in [-0.4, -0.2) is 26.7 Å². The quantitative estimate of drug-likeness (QED) is 0.817. The predicted molar refractivity (Wildman–Crippen MR) is 94.9 cm³/mol. The normalized spacial score (nSPS) is 20.4. The molecule has 0 radical (unpaired) electrons. The minimum absolute atomic E-state index is 0.0934. The van der Waals surface area contributed by atoms with Gasteiger partial charge in [-0.3, -0.25) is 14.5 Å². The van der Waals surface area contributed by atoms with Crippen molar-refractivity contribution in [3.8, 4) is 0 Å². The molecule has 1 aliphatic rings. The van der Waals surface area contributed by atoms with Crippen LogP contribution in [0.2, 0.25) is 10.0 Å². The van der Waals surface area contributed by atoms with Crippen LogP contribution in [-0.2, 0) is 7.05 Å². The fourth-order valence-electron chi connectivity index (χ4n) is 3.42. The highest BCUT2D eigenvalue weighted by Gasteiger charge is 2.32. The van der Waals surface area contributed by atoms with Gasteiger partial charge in [0.15, 0.2) is 0 Å². The number of aromatic nitrogens is 3. The van der Waals surface area contributed by atoms with Gasteiger partial charge in [-0.15, -0.1) is 0 Å². The van der Waals surface area contributed by atoms with Crippen LogP contribution in [0, 0.1) is 0 Å². The Bertz CT molecular complexity index is 812. The molecular weight excluding hydrogens is 385 g/mol. The molecule has 3 rings (SSSR count). The monoisotopic (exact) mass is 402 g/mol. The molecule has 0 spiro atoms. The summed E-state index contributed by atoms with van der Waals surface area (Å²) in [6.45, 7) is 0. The Kier molecular flexibility index (Phi) is 5.77. The van der Waals surface area contributed by atoms with Crippen molar-refractivity contribution >= 4 is 29.1 Å². The average molecular weight is 403 g/mol. The molecule has 2 heterocycles. The molecule has 0 aliphatic heterocycles. The lowest BCUT2D eigenvalue weighted by atomic mass is 9.82. The molecule has 5 nitrogen and oxygen atoms in total. The molecule has 1 fully saturated rings. The van der Waals surface area contributed by atoms with Crippen LogP contribution in [0.25, 0.3) is 0 Å². The molecule has 26 heavy (non-hydrogen) atoms. The number of carbonyl (C=O) groups excluding carboxylic acids is 1. The lowest BCUT2D eigenvalue weighted by Gasteiger charge is -2.32. The van der Waals surface area contributed by atoms with E-state index in [1.165, 1.54) is 24.1 Å². The Morgan fingerprint density at radius 1 is 1.35 bits per heavy atom. The van der Waals surface area contributed by atoms with Crippen molar-refractivity contribution in [2.75, 3.05) is 0 Å². The minimum atomic E-state index is -2.81. The SMILES string of the molecule is Cn1cc(C(=O)N[C@@H]2CCCC[C@@H]2c2ncc(Cl)cc2Cl)c(C(F)F)n1. The summed E-state index contributed by atoms with van der Waals surface area (Å²) in [4.78, 5) is 16.9. The molecule has 0 aromatic carbocycles. The number of halogens is 4. The van der Waals surface area contributed by atoms with E-state index in [2.05, 4.69) is 15.4 Å². The fourth-order valence-corrected chi connectivity index (χ4v) is 3.94. The van der Waals surface area contributed by atoms with Crippen molar-refractivity contribution < 1.29 is 13.6 Å². The second-order valence-corrected chi connectivity index (χ2v) is 7.24. The Balaban J connectivity index is 1.84. The van der Waals surface area contributed by atoms with Gasteiger partial charge in [0.25, 0.3) is 12.3 Å². The highest BCUT2D eigenvalue weighted by molar-refractivity contribution is 6.34. The van der Waals surface area contributed by atoms with Crippen molar-refractivity contribution in [1.29, 1.82) is 0 Å². The van der Waals surface area contributed by atoms with E-state index in [0.29, 0.717) is 15.7 Å². The molecular formula is C17H18Cl2F2N4O. The van der Waals surface area contributed by atoms with E-state index >= 15 is 0 Å². The Morgan fingerprint density at radius 3 is 2.77 bits per heavy atom. The molecule has 1 saturated carbocycles. The number of pyridine rings is 1. The number of hydrogen-bond acceptors (Lipinski definition) is 3. The van der Waals surface area contributed by atoms with Crippen LogP contribution in [0.5, 0.6) is 0 Å². The topological polar surface area (TPSA) is 59.8 Å². The lowest BCUT2D eigenvalue weighted by Crippen LogP contribution is -2.41. The van der Waals surface area contributed by atoms with Gasteiger partial charge in [-0.2, -0.15) is 5.10 Å². The second kappa shape index (κ2) is 7.88. The van der Waals surface area contributed by atoms with Crippen LogP contribution in [0.3, 0.4) is 0 Å². The number of amides is 1. The Labute approximate surface area is 159 Å². The Morgan fingerprint density at radius 2 is 2.08 bits per heavy atom. The van der Waals surface area contributed by atoms with E-state index < -0.39 is 18.0 Å². The van der Waals surface area contributed by atoms with Crippen molar-refractivity contribution in [2.45, 2.75) is 44.1 Å². The van der Waals surface area contributed by atoms with E-state index in [-0.39, 0.29) is 17.5 Å². The molecule has 1 aliphatic carbocycles. The first-order chi connectivity index (χ1) is 12.4. The number of hydrogen-bond donors (Lipinski definition) is 1. The first-order valence-electron chi connectivity index (χ1n) is 8.30. The zero-order valence-electron chi connectivity index (χ0n) is 14.1. The molecule has 0 unspecified atom stereocenters. The van der Waals surface area contributed by atoms with Crippen LogP contribution in [0.4, 0.5) is 8.78 Å². The van der Waals surface area contributed by atoms with Gasteiger partial charge in [-0.05, 0) is 18.9 Å². The number of alkyl halides is 2. The number of rotatable bonds is 4. The largest absolute Gasteiger partial charge is 0.349 e. The molecule has 2 aromatic rings. The standard InChI is InChI=1S/C17H18Cl2F2N4O/c1-25-8-11(15(24-25)16(20)21)17(26)23-13-5-3-2-4-10(13)14-12(19)6-9(18)7-22-14/h6-8,10,13,16H,2-5H2,1H3,(H,23,26)/t10-,13+/m0/s1. The summed E-state index contributed by atoms with van der Waals surface area (Å²) >= 11 is 12.2. The molecule has 1 N–H and O–H groups in total. The smallest absolute Gasteiger partial charge is 0.282 e. The lowest BCUT2D eigenvalue weighted by molar-refractivity contribution is 0.0906. The van der Waals surface area contributed by atoms with Gasteiger partial charge in [0.05, 0.1) is 21.3 Å².